The summed E-state index contributed by atoms with van der Waals surface area (Å²) in [5, 5.41) is 17.6. The third-order valence-corrected chi connectivity index (χ3v) is 6.04. The van der Waals surface area contributed by atoms with Crippen molar-refractivity contribution in [2.45, 2.75) is 18.7 Å². The highest BCUT2D eigenvalue weighted by Crippen LogP contribution is 2.21. The van der Waals surface area contributed by atoms with Gasteiger partial charge < -0.3 is 5.32 Å². The van der Waals surface area contributed by atoms with Gasteiger partial charge in [-0.1, -0.05) is 18.2 Å². The van der Waals surface area contributed by atoms with Gasteiger partial charge in [-0.3, -0.25) is 24.4 Å². The van der Waals surface area contributed by atoms with Gasteiger partial charge in [-0.05, 0) is 55.0 Å². The minimum Gasteiger partial charge on any atom is -0.326 e. The summed E-state index contributed by atoms with van der Waals surface area (Å²) >= 11 is 0. The van der Waals surface area contributed by atoms with Gasteiger partial charge >= 0.3 is 0 Å². The number of hydrogen-bond acceptors (Lipinski definition) is 7. The van der Waals surface area contributed by atoms with Crippen LogP contribution in [0.15, 0.2) is 82.8 Å². The van der Waals surface area contributed by atoms with Gasteiger partial charge in [-0.15, -0.1) is 0 Å². The van der Waals surface area contributed by atoms with Crippen molar-refractivity contribution in [3.8, 4) is 0 Å². The molecule has 0 atom stereocenters. The van der Waals surface area contributed by atoms with E-state index in [1.54, 1.807) is 31.2 Å². The Bertz CT molecular complexity index is 1420. The van der Waals surface area contributed by atoms with E-state index in [9.17, 15) is 28.1 Å². The Labute approximate surface area is 201 Å². The molecule has 11 nitrogen and oxygen atoms in total. The second-order valence-electron chi connectivity index (χ2n) is 7.34. The number of sulfonamides is 1. The van der Waals surface area contributed by atoms with Crippen LogP contribution in [0.25, 0.3) is 0 Å². The van der Waals surface area contributed by atoms with E-state index >= 15 is 0 Å². The number of nitro groups is 1. The van der Waals surface area contributed by atoms with E-state index in [4.69, 9.17) is 0 Å². The lowest BCUT2D eigenvalue weighted by atomic mass is 10.1. The number of nitrogens with one attached hydrogen (secondary N) is 3. The molecule has 3 N–H and O–H groups in total. The van der Waals surface area contributed by atoms with Crippen LogP contribution in [0.5, 0.6) is 0 Å². The maximum Gasteiger partial charge on any atom is 0.271 e. The highest BCUT2D eigenvalue weighted by atomic mass is 32.2. The molecule has 0 heterocycles. The maximum absolute atomic E-state index is 12.5. The predicted molar refractivity (Wildman–Crippen MR) is 131 cm³/mol. The molecule has 0 aliphatic rings. The van der Waals surface area contributed by atoms with Crippen molar-refractivity contribution >= 4 is 44.6 Å². The molecule has 0 aliphatic heterocycles. The fourth-order valence-electron chi connectivity index (χ4n) is 2.96. The second-order valence-corrected chi connectivity index (χ2v) is 9.02. The Kier molecular flexibility index (Phi) is 7.56. The van der Waals surface area contributed by atoms with E-state index in [1.807, 2.05) is 0 Å². The first-order chi connectivity index (χ1) is 16.5. The molecule has 0 bridgehead atoms. The minimum atomic E-state index is -4.07. The van der Waals surface area contributed by atoms with Gasteiger partial charge in [0.2, 0.25) is 5.91 Å². The van der Waals surface area contributed by atoms with Gasteiger partial charge in [0.15, 0.2) is 0 Å². The Morgan fingerprint density at radius 1 is 0.886 bits per heavy atom. The molecular formula is C23H21N5O6S. The lowest BCUT2D eigenvalue weighted by Crippen LogP contribution is -2.19. The Morgan fingerprint density at radius 2 is 1.57 bits per heavy atom. The van der Waals surface area contributed by atoms with Crippen molar-refractivity contribution in [3.63, 3.8) is 0 Å². The van der Waals surface area contributed by atoms with Crippen molar-refractivity contribution in [2.75, 3.05) is 10.0 Å². The molecule has 3 rings (SSSR count). The van der Waals surface area contributed by atoms with Crippen LogP contribution in [-0.4, -0.2) is 30.9 Å². The summed E-state index contributed by atoms with van der Waals surface area (Å²) in [5.41, 5.74) is 4.27. The minimum absolute atomic E-state index is 0.169. The summed E-state index contributed by atoms with van der Waals surface area (Å²) in [6.07, 6.45) is 0. The SMILES string of the molecule is CC(=O)Nc1cccc(/C(C)=N\NC(=O)c2ccc(NS(=O)(=O)c3cccc([N+](=O)[O-])c3)cc2)c1. The smallest absolute Gasteiger partial charge is 0.271 e. The van der Waals surface area contributed by atoms with Gasteiger partial charge in [0.05, 0.1) is 15.5 Å². The quantitative estimate of drug-likeness (QED) is 0.246. The van der Waals surface area contributed by atoms with E-state index < -0.39 is 20.9 Å². The number of benzene rings is 3. The molecule has 0 radical (unpaired) electrons. The monoisotopic (exact) mass is 495 g/mol. The fraction of sp³-hybridized carbons (Fsp3) is 0.0870. The van der Waals surface area contributed by atoms with E-state index in [2.05, 4.69) is 20.6 Å². The number of anilines is 2. The van der Waals surface area contributed by atoms with Crippen LogP contribution in [0.3, 0.4) is 0 Å². The molecule has 3 aromatic rings. The summed E-state index contributed by atoms with van der Waals surface area (Å²) in [4.78, 5) is 33.6. The maximum atomic E-state index is 12.5. The molecule has 0 saturated carbocycles. The average molecular weight is 496 g/mol. The van der Waals surface area contributed by atoms with Crippen molar-refractivity contribution in [1.82, 2.24) is 5.43 Å². The van der Waals surface area contributed by atoms with Crippen molar-refractivity contribution in [2.24, 2.45) is 5.10 Å². The van der Waals surface area contributed by atoms with Crippen LogP contribution in [0.2, 0.25) is 0 Å². The molecular weight excluding hydrogens is 474 g/mol. The molecule has 0 unspecified atom stereocenters. The van der Waals surface area contributed by atoms with E-state index in [1.165, 1.54) is 49.4 Å². The molecule has 35 heavy (non-hydrogen) atoms. The van der Waals surface area contributed by atoms with Crippen LogP contribution >= 0.6 is 0 Å². The summed E-state index contributed by atoms with van der Waals surface area (Å²) in [7, 11) is -4.07. The van der Waals surface area contributed by atoms with Crippen molar-refractivity contribution < 1.29 is 22.9 Å². The lowest BCUT2D eigenvalue weighted by molar-refractivity contribution is -0.385. The Hall–Kier alpha value is -4.58. The van der Waals surface area contributed by atoms with Crippen LogP contribution in [-0.2, 0) is 14.8 Å². The lowest BCUT2D eigenvalue weighted by Gasteiger charge is -2.09. The van der Waals surface area contributed by atoms with E-state index in [-0.39, 0.29) is 27.7 Å². The van der Waals surface area contributed by atoms with E-state index in [0.717, 1.165) is 6.07 Å². The van der Waals surface area contributed by atoms with Crippen molar-refractivity contribution in [3.05, 3.63) is 94.0 Å². The topological polar surface area (TPSA) is 160 Å². The number of nitro benzene ring substituents is 1. The number of carbonyl (C=O) groups excluding carboxylic acids is 2. The first-order valence-corrected chi connectivity index (χ1v) is 11.6. The molecule has 0 aliphatic carbocycles. The Morgan fingerprint density at radius 3 is 2.23 bits per heavy atom. The summed E-state index contributed by atoms with van der Waals surface area (Å²) < 4.78 is 27.4. The van der Waals surface area contributed by atoms with Gasteiger partial charge in [0, 0.05) is 36.0 Å². The normalized spacial score (nSPS) is 11.4. The van der Waals surface area contributed by atoms with E-state index in [0.29, 0.717) is 17.0 Å². The van der Waals surface area contributed by atoms with Crippen LogP contribution in [0, 0.1) is 10.1 Å². The highest BCUT2D eigenvalue weighted by Gasteiger charge is 2.18. The Balaban J connectivity index is 1.67. The number of carbonyl (C=O) groups is 2. The van der Waals surface area contributed by atoms with Gasteiger partial charge in [-0.2, -0.15) is 5.10 Å². The summed E-state index contributed by atoms with van der Waals surface area (Å²) in [5.74, 6) is -0.726. The van der Waals surface area contributed by atoms with Crippen LogP contribution < -0.4 is 15.5 Å². The number of hydrogen-bond donors (Lipinski definition) is 3. The van der Waals surface area contributed by atoms with Crippen LogP contribution in [0.4, 0.5) is 17.1 Å². The van der Waals surface area contributed by atoms with Gasteiger partial charge in [0.1, 0.15) is 0 Å². The molecule has 3 aromatic carbocycles. The highest BCUT2D eigenvalue weighted by molar-refractivity contribution is 7.92. The first kappa shape index (κ1) is 25.1. The molecule has 0 fully saturated rings. The summed E-state index contributed by atoms with van der Waals surface area (Å²) in [6, 6.07) is 17.2. The number of nitrogens with zero attached hydrogens (tertiary/aromatic N) is 2. The predicted octanol–water partition coefficient (Wildman–Crippen LogP) is 3.51. The number of amides is 2. The zero-order valence-electron chi connectivity index (χ0n) is 18.7. The third-order valence-electron chi connectivity index (χ3n) is 4.66. The fourth-order valence-corrected chi connectivity index (χ4v) is 4.05. The molecule has 2 amide bonds. The standard InChI is InChI=1S/C23H21N5O6S/c1-15(18-5-3-6-20(13-18)24-16(2)29)25-26-23(30)17-9-11-19(12-10-17)27-35(33,34)22-8-4-7-21(14-22)28(31)32/h3-14,27H,1-2H3,(H,24,29)(H,26,30)/b25-15-. The molecule has 0 spiro atoms. The zero-order chi connectivity index (χ0) is 25.6. The van der Waals surface area contributed by atoms with Gasteiger partial charge in [-0.25, -0.2) is 13.8 Å². The third kappa shape index (κ3) is 6.71. The summed E-state index contributed by atoms with van der Waals surface area (Å²) in [6.45, 7) is 3.09. The molecule has 12 heteroatoms. The number of non-ortho nitro benzene ring substituents is 1. The zero-order valence-corrected chi connectivity index (χ0v) is 19.5. The molecule has 0 saturated heterocycles. The van der Waals surface area contributed by atoms with Gasteiger partial charge in [0.25, 0.3) is 21.6 Å². The van der Waals surface area contributed by atoms with Crippen LogP contribution in [0.1, 0.15) is 29.8 Å². The number of hydrazone groups is 1. The number of rotatable bonds is 8. The molecule has 180 valence electrons. The van der Waals surface area contributed by atoms with Crippen molar-refractivity contribution in [1.29, 1.82) is 0 Å². The molecule has 0 aromatic heterocycles. The largest absolute Gasteiger partial charge is 0.326 e. The average Bonchev–Trinajstić information content (AvgIpc) is 2.82. The second kappa shape index (κ2) is 10.6. The first-order valence-electron chi connectivity index (χ1n) is 10.1.